The van der Waals surface area contributed by atoms with Gasteiger partial charge in [-0.15, -0.1) is 0 Å². The third-order valence-corrected chi connectivity index (χ3v) is 4.24. The number of hydrogen-bond donors (Lipinski definition) is 2. The lowest BCUT2D eigenvalue weighted by Crippen LogP contribution is -2.31. The van der Waals surface area contributed by atoms with E-state index >= 15 is 0 Å². The van der Waals surface area contributed by atoms with Crippen LogP contribution in [0.1, 0.15) is 0 Å². The summed E-state index contributed by atoms with van der Waals surface area (Å²) in [4.78, 5) is 11.5. The summed E-state index contributed by atoms with van der Waals surface area (Å²) in [5, 5.41) is 11.9. The minimum Gasteiger partial charge on any atom is -0.442 e. The number of nitrogens with one attached hydrogen (secondary N) is 1. The first-order chi connectivity index (χ1) is 8.46. The van der Waals surface area contributed by atoms with Gasteiger partial charge < -0.3 is 9.84 Å². The molecular formula is C11H13NO5S. The molecule has 6 nitrogen and oxygen atoms in total. The molecule has 98 valence electrons. The number of rotatable bonds is 2. The summed E-state index contributed by atoms with van der Waals surface area (Å²) >= 11 is 0. The van der Waals surface area contributed by atoms with E-state index in [4.69, 9.17) is 4.74 Å². The van der Waals surface area contributed by atoms with Crippen molar-refractivity contribution in [2.75, 3.05) is 16.8 Å². The Kier molecular flexibility index (Phi) is 3.53. The average molecular weight is 271 g/mol. The van der Waals surface area contributed by atoms with Gasteiger partial charge >= 0.3 is 6.09 Å². The van der Waals surface area contributed by atoms with Crippen molar-refractivity contribution in [2.24, 2.45) is 0 Å². The number of amides is 1. The number of carbonyl (C=O) groups excluding carboxylic acids is 1. The van der Waals surface area contributed by atoms with Crippen LogP contribution in [0.25, 0.3) is 0 Å². The number of benzene rings is 1. The van der Waals surface area contributed by atoms with Gasteiger partial charge in [0, 0.05) is 5.69 Å². The molecule has 1 aromatic rings. The Labute approximate surface area is 104 Å². The molecule has 1 fully saturated rings. The maximum atomic E-state index is 11.5. The number of hydrogen-bond acceptors (Lipinski definition) is 5. The second-order valence-corrected chi connectivity index (χ2v) is 6.23. The van der Waals surface area contributed by atoms with Gasteiger partial charge in [-0.05, 0) is 12.1 Å². The van der Waals surface area contributed by atoms with Gasteiger partial charge in [0.25, 0.3) is 0 Å². The highest BCUT2D eigenvalue weighted by molar-refractivity contribution is 7.91. The Hall–Kier alpha value is -1.60. The zero-order chi connectivity index (χ0) is 13.2. The Bertz CT molecular complexity index is 528. The molecular weight excluding hydrogens is 258 g/mol. The second-order valence-electron chi connectivity index (χ2n) is 4.08. The van der Waals surface area contributed by atoms with Crippen molar-refractivity contribution in [3.05, 3.63) is 30.3 Å². The average Bonchev–Trinajstić information content (AvgIpc) is 2.53. The lowest BCUT2D eigenvalue weighted by atomic mass is 10.3. The monoisotopic (exact) mass is 271 g/mol. The van der Waals surface area contributed by atoms with E-state index in [2.05, 4.69) is 5.32 Å². The molecule has 0 spiro atoms. The van der Waals surface area contributed by atoms with Gasteiger partial charge in [-0.2, -0.15) is 0 Å². The summed E-state index contributed by atoms with van der Waals surface area (Å²) in [6, 6.07) is 8.62. The maximum absolute atomic E-state index is 11.5. The number of para-hydroxylation sites is 1. The SMILES string of the molecule is O=C(Nc1ccccc1)O[C@H]1CS(=O)(=O)C[C@@H]1O. The van der Waals surface area contributed by atoms with Gasteiger partial charge in [-0.1, -0.05) is 18.2 Å². The molecule has 0 unspecified atom stereocenters. The number of carbonyl (C=O) groups is 1. The van der Waals surface area contributed by atoms with Crippen molar-refractivity contribution in [3.63, 3.8) is 0 Å². The molecule has 1 aliphatic rings. The number of aliphatic hydroxyl groups is 1. The van der Waals surface area contributed by atoms with Gasteiger partial charge in [0.2, 0.25) is 0 Å². The van der Waals surface area contributed by atoms with Crippen LogP contribution in [-0.4, -0.2) is 43.3 Å². The Balaban J connectivity index is 1.93. The molecule has 1 aliphatic heterocycles. The van der Waals surface area contributed by atoms with Crippen LogP contribution in [0.15, 0.2) is 30.3 Å². The predicted octanol–water partition coefficient (Wildman–Crippen LogP) is 0.393. The number of anilines is 1. The molecule has 2 atom stereocenters. The fourth-order valence-electron chi connectivity index (χ4n) is 1.72. The van der Waals surface area contributed by atoms with Gasteiger partial charge in [-0.3, -0.25) is 5.32 Å². The maximum Gasteiger partial charge on any atom is 0.412 e. The van der Waals surface area contributed by atoms with Gasteiger partial charge in [0.05, 0.1) is 11.5 Å². The standard InChI is InChI=1S/C11H13NO5S/c13-9-6-18(15,16)7-10(9)17-11(14)12-8-4-2-1-3-5-8/h1-5,9-10,13H,6-7H2,(H,12,14)/t9-,10-/m0/s1. The van der Waals surface area contributed by atoms with Crippen LogP contribution in [0.2, 0.25) is 0 Å². The van der Waals surface area contributed by atoms with Crippen molar-refractivity contribution in [1.82, 2.24) is 0 Å². The first-order valence-electron chi connectivity index (χ1n) is 5.37. The number of sulfone groups is 1. The third kappa shape index (κ3) is 3.21. The predicted molar refractivity (Wildman–Crippen MR) is 65.0 cm³/mol. The van der Waals surface area contributed by atoms with E-state index in [9.17, 15) is 18.3 Å². The fourth-order valence-corrected chi connectivity index (χ4v) is 3.38. The van der Waals surface area contributed by atoms with Crippen LogP contribution in [0.5, 0.6) is 0 Å². The van der Waals surface area contributed by atoms with E-state index in [0.717, 1.165) is 0 Å². The van der Waals surface area contributed by atoms with Crippen LogP contribution in [-0.2, 0) is 14.6 Å². The van der Waals surface area contributed by atoms with Gasteiger partial charge in [0.15, 0.2) is 9.84 Å². The molecule has 18 heavy (non-hydrogen) atoms. The van der Waals surface area contributed by atoms with Crippen LogP contribution >= 0.6 is 0 Å². The topological polar surface area (TPSA) is 92.7 Å². The number of aliphatic hydroxyl groups excluding tert-OH is 1. The molecule has 0 saturated carbocycles. The van der Waals surface area contributed by atoms with Crippen molar-refractivity contribution >= 4 is 21.6 Å². The molecule has 1 saturated heterocycles. The third-order valence-electron chi connectivity index (χ3n) is 2.55. The van der Waals surface area contributed by atoms with E-state index in [1.54, 1.807) is 30.3 Å². The normalized spacial score (nSPS) is 25.6. The lowest BCUT2D eigenvalue weighted by molar-refractivity contribution is 0.0398. The first-order valence-corrected chi connectivity index (χ1v) is 7.19. The molecule has 1 heterocycles. The van der Waals surface area contributed by atoms with Crippen LogP contribution in [0.4, 0.5) is 10.5 Å². The smallest absolute Gasteiger partial charge is 0.412 e. The highest BCUT2D eigenvalue weighted by Gasteiger charge is 2.39. The Morgan fingerprint density at radius 2 is 1.94 bits per heavy atom. The minimum absolute atomic E-state index is 0.337. The molecule has 0 aliphatic carbocycles. The molecule has 0 radical (unpaired) electrons. The molecule has 1 aromatic carbocycles. The summed E-state index contributed by atoms with van der Waals surface area (Å²) < 4.78 is 27.3. The largest absolute Gasteiger partial charge is 0.442 e. The Morgan fingerprint density at radius 1 is 1.28 bits per heavy atom. The lowest BCUT2D eigenvalue weighted by Gasteiger charge is -2.14. The van der Waals surface area contributed by atoms with E-state index in [0.29, 0.717) is 5.69 Å². The molecule has 7 heteroatoms. The van der Waals surface area contributed by atoms with E-state index in [1.165, 1.54) is 0 Å². The zero-order valence-electron chi connectivity index (χ0n) is 9.44. The van der Waals surface area contributed by atoms with Crippen molar-refractivity contribution < 1.29 is 23.1 Å². The van der Waals surface area contributed by atoms with Crippen LogP contribution < -0.4 is 5.32 Å². The Morgan fingerprint density at radius 3 is 2.50 bits per heavy atom. The summed E-state index contributed by atoms with van der Waals surface area (Å²) in [5.74, 6) is -0.702. The minimum atomic E-state index is -3.32. The molecule has 2 N–H and O–H groups in total. The van der Waals surface area contributed by atoms with Gasteiger partial charge in [-0.25, -0.2) is 13.2 Å². The van der Waals surface area contributed by atoms with E-state index in [1.807, 2.05) is 0 Å². The van der Waals surface area contributed by atoms with Crippen LogP contribution in [0, 0.1) is 0 Å². The highest BCUT2D eigenvalue weighted by atomic mass is 32.2. The van der Waals surface area contributed by atoms with Crippen molar-refractivity contribution in [1.29, 1.82) is 0 Å². The molecule has 1 amide bonds. The summed E-state index contributed by atoms with van der Waals surface area (Å²) in [6.45, 7) is 0. The first kappa shape index (κ1) is 12.8. The van der Waals surface area contributed by atoms with Crippen LogP contribution in [0.3, 0.4) is 0 Å². The summed E-state index contributed by atoms with van der Waals surface area (Å²) in [6.07, 6.45) is -2.93. The summed E-state index contributed by atoms with van der Waals surface area (Å²) in [5.41, 5.74) is 0.540. The molecule has 0 aromatic heterocycles. The van der Waals surface area contributed by atoms with Crippen molar-refractivity contribution in [2.45, 2.75) is 12.2 Å². The summed E-state index contributed by atoms with van der Waals surface area (Å²) in [7, 11) is -3.32. The quantitative estimate of drug-likeness (QED) is 0.812. The van der Waals surface area contributed by atoms with Gasteiger partial charge in [0.1, 0.15) is 12.2 Å². The second kappa shape index (κ2) is 4.95. The zero-order valence-corrected chi connectivity index (χ0v) is 10.3. The highest BCUT2D eigenvalue weighted by Crippen LogP contribution is 2.16. The number of ether oxygens (including phenoxy) is 1. The molecule has 0 bridgehead atoms. The van der Waals surface area contributed by atoms with E-state index < -0.39 is 28.1 Å². The van der Waals surface area contributed by atoms with E-state index in [-0.39, 0.29) is 11.5 Å². The fraction of sp³-hybridized carbons (Fsp3) is 0.364. The van der Waals surface area contributed by atoms with Crippen molar-refractivity contribution in [3.8, 4) is 0 Å². The molecule has 2 rings (SSSR count).